The maximum absolute atomic E-state index is 11.6. The molecule has 2 aliphatic carbocycles. The summed E-state index contributed by atoms with van der Waals surface area (Å²) in [6, 6.07) is 0.937. The van der Waals surface area contributed by atoms with Crippen LogP contribution in [-0.2, 0) is 4.79 Å². The molecule has 6 heteroatoms. The van der Waals surface area contributed by atoms with Crippen molar-refractivity contribution in [2.75, 3.05) is 13.1 Å². The molecule has 0 aromatic carbocycles. The number of aliphatic imine (C=N–C) groups is 1. The van der Waals surface area contributed by atoms with Gasteiger partial charge in [0, 0.05) is 18.6 Å². The maximum atomic E-state index is 11.6. The van der Waals surface area contributed by atoms with Crippen LogP contribution in [0.1, 0.15) is 45.4 Å². The van der Waals surface area contributed by atoms with E-state index >= 15 is 0 Å². The van der Waals surface area contributed by atoms with Gasteiger partial charge in [0.1, 0.15) is 6.54 Å². The number of nitrogens with zero attached hydrogens (tertiary/aromatic N) is 1. The van der Waals surface area contributed by atoms with Crippen LogP contribution in [0.5, 0.6) is 0 Å². The van der Waals surface area contributed by atoms with E-state index in [2.05, 4.69) is 20.9 Å². The van der Waals surface area contributed by atoms with Gasteiger partial charge in [-0.2, -0.15) is 0 Å². The molecule has 1 amide bonds. The van der Waals surface area contributed by atoms with Gasteiger partial charge in [0.15, 0.2) is 5.96 Å². The fourth-order valence-electron chi connectivity index (χ4n) is 2.24. The van der Waals surface area contributed by atoms with E-state index in [1.165, 1.54) is 25.7 Å². The fourth-order valence-corrected chi connectivity index (χ4v) is 2.24. The number of hydrogen-bond donors (Lipinski definition) is 3. The number of hydrogen-bond acceptors (Lipinski definition) is 2. The first-order valence-electron chi connectivity index (χ1n) is 7.12. The van der Waals surface area contributed by atoms with Gasteiger partial charge in [-0.25, -0.2) is 4.99 Å². The van der Waals surface area contributed by atoms with Gasteiger partial charge in [-0.1, -0.05) is 12.8 Å². The Morgan fingerprint density at radius 3 is 2.32 bits per heavy atom. The van der Waals surface area contributed by atoms with E-state index in [0.29, 0.717) is 12.1 Å². The van der Waals surface area contributed by atoms with Crippen LogP contribution in [0.2, 0.25) is 0 Å². The molecule has 0 aromatic rings. The highest BCUT2D eigenvalue weighted by atomic mass is 127. The molecule has 0 bridgehead atoms. The van der Waals surface area contributed by atoms with Crippen molar-refractivity contribution in [2.24, 2.45) is 4.99 Å². The lowest BCUT2D eigenvalue weighted by Crippen LogP contribution is -2.43. The molecular formula is C13H25IN4O. The van der Waals surface area contributed by atoms with Crippen molar-refractivity contribution in [3.8, 4) is 0 Å². The number of carbonyl (C=O) groups is 1. The second-order valence-corrected chi connectivity index (χ2v) is 5.16. The molecule has 5 nitrogen and oxygen atoms in total. The molecule has 0 spiro atoms. The predicted molar refractivity (Wildman–Crippen MR) is 88.0 cm³/mol. The van der Waals surface area contributed by atoms with Crippen LogP contribution < -0.4 is 16.0 Å². The molecule has 19 heavy (non-hydrogen) atoms. The van der Waals surface area contributed by atoms with Crippen LogP contribution in [0.3, 0.4) is 0 Å². The van der Waals surface area contributed by atoms with E-state index in [1.54, 1.807) is 0 Å². The zero-order valence-corrected chi connectivity index (χ0v) is 13.9. The summed E-state index contributed by atoms with van der Waals surface area (Å²) in [5, 5.41) is 9.54. The number of halogens is 1. The summed E-state index contributed by atoms with van der Waals surface area (Å²) in [6.45, 7) is 3.08. The Hall–Kier alpha value is -0.530. The minimum absolute atomic E-state index is 0. The Morgan fingerprint density at radius 1 is 1.11 bits per heavy atom. The standard InChI is InChI=1S/C13H24N4O.HI/c1-2-14-13(17-10-5-3-4-6-10)15-9-12(18)16-11-7-8-11;/h10-11H,2-9H2,1H3,(H,16,18)(H2,14,15,17);1H. The second-order valence-electron chi connectivity index (χ2n) is 5.16. The van der Waals surface area contributed by atoms with Gasteiger partial charge in [-0.15, -0.1) is 24.0 Å². The molecule has 0 radical (unpaired) electrons. The second kappa shape index (κ2) is 8.60. The molecule has 0 aliphatic heterocycles. The summed E-state index contributed by atoms with van der Waals surface area (Å²) in [5.74, 6) is 0.802. The third-order valence-electron chi connectivity index (χ3n) is 3.36. The molecule has 0 aromatic heterocycles. The summed E-state index contributed by atoms with van der Waals surface area (Å²) in [5.41, 5.74) is 0. The SMILES string of the molecule is CCNC(=NCC(=O)NC1CC1)NC1CCCC1.I. The minimum atomic E-state index is 0. The molecule has 2 aliphatic rings. The number of amides is 1. The van der Waals surface area contributed by atoms with Crippen molar-refractivity contribution >= 4 is 35.8 Å². The largest absolute Gasteiger partial charge is 0.357 e. The number of carbonyl (C=O) groups excluding carboxylic acids is 1. The first-order valence-corrected chi connectivity index (χ1v) is 7.12. The van der Waals surface area contributed by atoms with Crippen LogP contribution in [0.25, 0.3) is 0 Å². The van der Waals surface area contributed by atoms with Gasteiger partial charge in [0.25, 0.3) is 0 Å². The van der Waals surface area contributed by atoms with Crippen molar-refractivity contribution in [3.05, 3.63) is 0 Å². The highest BCUT2D eigenvalue weighted by Crippen LogP contribution is 2.18. The van der Waals surface area contributed by atoms with E-state index in [0.717, 1.165) is 25.3 Å². The smallest absolute Gasteiger partial charge is 0.242 e. The van der Waals surface area contributed by atoms with Gasteiger partial charge in [-0.05, 0) is 32.6 Å². The number of nitrogens with one attached hydrogen (secondary N) is 3. The van der Waals surface area contributed by atoms with Gasteiger partial charge >= 0.3 is 0 Å². The molecule has 0 saturated heterocycles. The molecule has 110 valence electrons. The summed E-state index contributed by atoms with van der Waals surface area (Å²) in [4.78, 5) is 15.9. The molecule has 2 rings (SSSR count). The van der Waals surface area contributed by atoms with Gasteiger partial charge in [-0.3, -0.25) is 4.79 Å². The van der Waals surface area contributed by atoms with Crippen molar-refractivity contribution in [2.45, 2.75) is 57.5 Å². The lowest BCUT2D eigenvalue weighted by Gasteiger charge is -2.16. The quantitative estimate of drug-likeness (QED) is 0.384. The van der Waals surface area contributed by atoms with Crippen molar-refractivity contribution in [1.29, 1.82) is 0 Å². The van der Waals surface area contributed by atoms with E-state index < -0.39 is 0 Å². The van der Waals surface area contributed by atoms with E-state index in [-0.39, 0.29) is 36.4 Å². The lowest BCUT2D eigenvalue weighted by molar-refractivity contribution is -0.119. The van der Waals surface area contributed by atoms with Crippen LogP contribution in [0, 0.1) is 0 Å². The molecule has 3 N–H and O–H groups in total. The Morgan fingerprint density at radius 2 is 1.74 bits per heavy atom. The van der Waals surface area contributed by atoms with Crippen molar-refractivity contribution in [1.82, 2.24) is 16.0 Å². The summed E-state index contributed by atoms with van der Waals surface area (Å²) >= 11 is 0. The summed E-state index contributed by atoms with van der Waals surface area (Å²) < 4.78 is 0. The van der Waals surface area contributed by atoms with Gasteiger partial charge in [0.05, 0.1) is 0 Å². The first-order chi connectivity index (χ1) is 8.78. The zero-order chi connectivity index (χ0) is 12.8. The molecule has 0 heterocycles. The molecule has 2 fully saturated rings. The Balaban J connectivity index is 0.00000180. The third kappa shape index (κ3) is 6.44. The molecule has 0 atom stereocenters. The topological polar surface area (TPSA) is 65.5 Å². The van der Waals surface area contributed by atoms with Crippen LogP contribution >= 0.6 is 24.0 Å². The predicted octanol–water partition coefficient (Wildman–Crippen LogP) is 1.38. The average Bonchev–Trinajstić information content (AvgIpc) is 3.01. The third-order valence-corrected chi connectivity index (χ3v) is 3.36. The minimum Gasteiger partial charge on any atom is -0.357 e. The van der Waals surface area contributed by atoms with E-state index in [1.807, 2.05) is 6.92 Å². The lowest BCUT2D eigenvalue weighted by atomic mass is 10.2. The normalized spacial score (nSPS) is 19.7. The average molecular weight is 380 g/mol. The molecule has 0 unspecified atom stereocenters. The van der Waals surface area contributed by atoms with Gasteiger partial charge < -0.3 is 16.0 Å². The Labute approximate surface area is 132 Å². The molecular weight excluding hydrogens is 355 g/mol. The Bertz CT molecular complexity index is 312. The highest BCUT2D eigenvalue weighted by Gasteiger charge is 2.23. The van der Waals surface area contributed by atoms with Crippen LogP contribution in [-0.4, -0.2) is 37.0 Å². The fraction of sp³-hybridized carbons (Fsp3) is 0.846. The highest BCUT2D eigenvalue weighted by molar-refractivity contribution is 14.0. The first kappa shape index (κ1) is 16.5. The van der Waals surface area contributed by atoms with Crippen molar-refractivity contribution in [3.63, 3.8) is 0 Å². The molecule has 2 saturated carbocycles. The van der Waals surface area contributed by atoms with Gasteiger partial charge in [0.2, 0.25) is 5.91 Å². The number of guanidine groups is 1. The maximum Gasteiger partial charge on any atom is 0.242 e. The van der Waals surface area contributed by atoms with E-state index in [4.69, 9.17) is 0 Å². The van der Waals surface area contributed by atoms with Crippen molar-refractivity contribution < 1.29 is 4.79 Å². The van der Waals surface area contributed by atoms with Crippen LogP contribution in [0.15, 0.2) is 4.99 Å². The number of rotatable bonds is 5. The summed E-state index contributed by atoms with van der Waals surface area (Å²) in [7, 11) is 0. The van der Waals surface area contributed by atoms with Crippen LogP contribution in [0.4, 0.5) is 0 Å². The monoisotopic (exact) mass is 380 g/mol. The summed E-state index contributed by atoms with van der Waals surface area (Å²) in [6.07, 6.45) is 7.24. The van der Waals surface area contributed by atoms with E-state index in [9.17, 15) is 4.79 Å². The zero-order valence-electron chi connectivity index (χ0n) is 11.6. The Kier molecular flexibility index (Phi) is 7.48.